The topological polar surface area (TPSA) is 46.5 Å². The fraction of sp³-hybridized carbons (Fsp3) is 0.222. The van der Waals surface area contributed by atoms with Gasteiger partial charge in [-0.1, -0.05) is 0 Å². The highest BCUT2D eigenvalue weighted by Gasteiger charge is 2.01. The molecule has 0 unspecified atom stereocenters. The summed E-state index contributed by atoms with van der Waals surface area (Å²) >= 11 is 5.41. The minimum atomic E-state index is -0.941. The molecule has 0 fully saturated rings. The molecule has 0 aliphatic rings. The number of alkyl halides is 1. The Morgan fingerprint density at radius 2 is 2.00 bits per heavy atom. The van der Waals surface area contributed by atoms with Crippen LogP contribution in [0, 0.1) is 0 Å². The number of hydrogen-bond donors (Lipinski definition) is 1. The van der Waals surface area contributed by atoms with Crippen LogP contribution in [-0.2, 0) is 0 Å². The second kappa shape index (κ2) is 4.72. The van der Waals surface area contributed by atoms with Crippen molar-refractivity contribution in [3.63, 3.8) is 0 Å². The van der Waals surface area contributed by atoms with Gasteiger partial charge in [0.1, 0.15) is 12.4 Å². The van der Waals surface area contributed by atoms with E-state index in [0.717, 1.165) is 0 Å². The first-order chi connectivity index (χ1) is 6.24. The second-order valence-corrected chi connectivity index (χ2v) is 2.74. The third-order valence-electron chi connectivity index (χ3n) is 1.45. The average molecular weight is 201 g/mol. The third kappa shape index (κ3) is 2.95. The van der Waals surface area contributed by atoms with Crippen LogP contribution in [-0.4, -0.2) is 23.6 Å². The molecule has 70 valence electrons. The summed E-state index contributed by atoms with van der Waals surface area (Å²) in [7, 11) is 0. The van der Waals surface area contributed by atoms with Gasteiger partial charge in [0.2, 0.25) is 0 Å². The summed E-state index contributed by atoms with van der Waals surface area (Å²) in [5.41, 5.74) is 0.248. The van der Waals surface area contributed by atoms with Crippen molar-refractivity contribution in [1.29, 1.82) is 0 Å². The highest BCUT2D eigenvalue weighted by molar-refractivity contribution is 6.18. The normalized spacial score (nSPS) is 9.62. The lowest BCUT2D eigenvalue weighted by Crippen LogP contribution is -1.99. The number of benzene rings is 1. The maximum atomic E-state index is 10.5. The highest BCUT2D eigenvalue weighted by Crippen LogP contribution is 2.11. The Morgan fingerprint density at radius 3 is 2.46 bits per heavy atom. The van der Waals surface area contributed by atoms with E-state index in [-0.39, 0.29) is 5.56 Å². The first-order valence-electron chi connectivity index (χ1n) is 3.76. The second-order valence-electron chi connectivity index (χ2n) is 2.37. The zero-order valence-electron chi connectivity index (χ0n) is 6.87. The van der Waals surface area contributed by atoms with Gasteiger partial charge in [-0.05, 0) is 24.3 Å². The van der Waals surface area contributed by atoms with Gasteiger partial charge in [-0.15, -0.1) is 11.6 Å². The molecule has 0 aliphatic carbocycles. The van der Waals surface area contributed by atoms with E-state index in [0.29, 0.717) is 18.2 Å². The number of carbonyl (C=O) groups is 1. The van der Waals surface area contributed by atoms with Crippen molar-refractivity contribution in [2.75, 3.05) is 12.5 Å². The molecule has 0 atom stereocenters. The molecule has 0 saturated carbocycles. The number of ether oxygens (including phenoxy) is 1. The van der Waals surface area contributed by atoms with Gasteiger partial charge in [0.05, 0.1) is 11.4 Å². The Balaban J connectivity index is 2.64. The Labute approximate surface area is 80.9 Å². The van der Waals surface area contributed by atoms with Crippen LogP contribution in [0.5, 0.6) is 5.75 Å². The predicted octanol–water partition coefficient (Wildman–Crippen LogP) is 2.00. The van der Waals surface area contributed by atoms with Crippen molar-refractivity contribution in [3.05, 3.63) is 29.8 Å². The summed E-state index contributed by atoms with van der Waals surface area (Å²) in [6.07, 6.45) is 0. The van der Waals surface area contributed by atoms with E-state index in [1.807, 2.05) is 0 Å². The van der Waals surface area contributed by atoms with E-state index in [1.165, 1.54) is 12.1 Å². The molecule has 0 heterocycles. The Kier molecular flexibility index (Phi) is 3.58. The zero-order chi connectivity index (χ0) is 9.68. The molecule has 0 radical (unpaired) electrons. The molecular formula is C9H9ClO3. The number of rotatable bonds is 4. The molecule has 3 nitrogen and oxygen atoms in total. The van der Waals surface area contributed by atoms with Crippen molar-refractivity contribution in [2.24, 2.45) is 0 Å². The van der Waals surface area contributed by atoms with Crippen molar-refractivity contribution in [2.45, 2.75) is 0 Å². The molecule has 4 heteroatoms. The van der Waals surface area contributed by atoms with E-state index in [2.05, 4.69) is 0 Å². The lowest BCUT2D eigenvalue weighted by atomic mass is 10.2. The highest BCUT2D eigenvalue weighted by atomic mass is 35.5. The smallest absolute Gasteiger partial charge is 0.335 e. The van der Waals surface area contributed by atoms with Gasteiger partial charge in [0.15, 0.2) is 0 Å². The molecule has 1 aromatic carbocycles. The van der Waals surface area contributed by atoms with Crippen LogP contribution in [0.25, 0.3) is 0 Å². The van der Waals surface area contributed by atoms with Crippen LogP contribution in [0.3, 0.4) is 0 Å². The van der Waals surface area contributed by atoms with Crippen LogP contribution in [0.15, 0.2) is 24.3 Å². The molecule has 0 spiro atoms. The molecular weight excluding hydrogens is 192 g/mol. The molecule has 1 rings (SSSR count). The summed E-state index contributed by atoms with van der Waals surface area (Å²) in [5.74, 6) is 0.107. The molecule has 0 amide bonds. The summed E-state index contributed by atoms with van der Waals surface area (Å²) < 4.78 is 5.17. The minimum absolute atomic E-state index is 0.248. The molecule has 0 saturated heterocycles. The predicted molar refractivity (Wildman–Crippen MR) is 49.6 cm³/mol. The SMILES string of the molecule is O=C(O)c1ccc(OCCCl)cc1. The minimum Gasteiger partial charge on any atom is -0.492 e. The van der Waals surface area contributed by atoms with Gasteiger partial charge in [0, 0.05) is 0 Å². The molecule has 1 aromatic rings. The van der Waals surface area contributed by atoms with Gasteiger partial charge in [0.25, 0.3) is 0 Å². The van der Waals surface area contributed by atoms with Crippen LogP contribution in [0.4, 0.5) is 0 Å². The van der Waals surface area contributed by atoms with Crippen molar-refractivity contribution in [1.82, 2.24) is 0 Å². The fourth-order valence-electron chi connectivity index (χ4n) is 0.850. The van der Waals surface area contributed by atoms with Gasteiger partial charge < -0.3 is 9.84 Å². The van der Waals surface area contributed by atoms with Crippen molar-refractivity contribution < 1.29 is 14.6 Å². The average Bonchev–Trinajstić information content (AvgIpc) is 2.15. The van der Waals surface area contributed by atoms with Gasteiger partial charge >= 0.3 is 5.97 Å². The maximum Gasteiger partial charge on any atom is 0.335 e. The maximum absolute atomic E-state index is 10.5. The fourth-order valence-corrected chi connectivity index (χ4v) is 0.927. The quantitative estimate of drug-likeness (QED) is 0.757. The standard InChI is InChI=1S/C9H9ClO3/c10-5-6-13-8-3-1-7(2-4-8)9(11)12/h1-4H,5-6H2,(H,11,12). The monoisotopic (exact) mass is 200 g/mol. The number of carboxylic acid groups (broad SMARTS) is 1. The molecule has 0 aromatic heterocycles. The summed E-state index contributed by atoms with van der Waals surface area (Å²) in [6.45, 7) is 0.425. The van der Waals surface area contributed by atoms with E-state index in [1.54, 1.807) is 12.1 Å². The molecule has 1 N–H and O–H groups in total. The first-order valence-corrected chi connectivity index (χ1v) is 4.29. The molecule has 13 heavy (non-hydrogen) atoms. The van der Waals surface area contributed by atoms with E-state index in [4.69, 9.17) is 21.4 Å². The van der Waals surface area contributed by atoms with Gasteiger partial charge in [-0.3, -0.25) is 0 Å². The zero-order valence-corrected chi connectivity index (χ0v) is 7.62. The summed E-state index contributed by atoms with van der Waals surface area (Å²) in [6, 6.07) is 6.20. The van der Waals surface area contributed by atoms with Crippen LogP contribution < -0.4 is 4.74 Å². The van der Waals surface area contributed by atoms with Gasteiger partial charge in [-0.2, -0.15) is 0 Å². The van der Waals surface area contributed by atoms with Crippen LogP contribution in [0.1, 0.15) is 10.4 Å². The Bertz CT molecular complexity index is 281. The summed E-state index contributed by atoms with van der Waals surface area (Å²) in [5, 5.41) is 8.59. The first kappa shape index (κ1) is 9.86. The molecule has 0 aliphatic heterocycles. The number of halogens is 1. The number of aromatic carboxylic acids is 1. The number of hydrogen-bond acceptors (Lipinski definition) is 2. The van der Waals surface area contributed by atoms with E-state index >= 15 is 0 Å². The van der Waals surface area contributed by atoms with Crippen LogP contribution in [0.2, 0.25) is 0 Å². The third-order valence-corrected chi connectivity index (χ3v) is 1.60. The van der Waals surface area contributed by atoms with Gasteiger partial charge in [-0.25, -0.2) is 4.79 Å². The lowest BCUT2D eigenvalue weighted by Gasteiger charge is -2.03. The Hall–Kier alpha value is -1.22. The lowest BCUT2D eigenvalue weighted by molar-refractivity contribution is 0.0697. The van der Waals surface area contributed by atoms with Crippen molar-refractivity contribution in [3.8, 4) is 5.75 Å². The van der Waals surface area contributed by atoms with E-state index < -0.39 is 5.97 Å². The number of carboxylic acids is 1. The summed E-state index contributed by atoms with van der Waals surface area (Å²) in [4.78, 5) is 10.5. The van der Waals surface area contributed by atoms with Crippen molar-refractivity contribution >= 4 is 17.6 Å². The Morgan fingerprint density at radius 1 is 1.38 bits per heavy atom. The van der Waals surface area contributed by atoms with E-state index in [9.17, 15) is 4.79 Å². The van der Waals surface area contributed by atoms with Crippen LogP contribution >= 0.6 is 11.6 Å². The largest absolute Gasteiger partial charge is 0.492 e. The molecule has 0 bridgehead atoms.